The number of nitrogens with two attached hydrogens (primary N) is 1. The molecule has 1 fully saturated rings. The molecule has 0 aliphatic carbocycles. The summed E-state index contributed by atoms with van der Waals surface area (Å²) in [6, 6.07) is 7.45. The summed E-state index contributed by atoms with van der Waals surface area (Å²) < 4.78 is 24.1. The predicted molar refractivity (Wildman–Crippen MR) is 93.0 cm³/mol. The largest absolute Gasteiger partial charge is 0.355 e. The highest BCUT2D eigenvalue weighted by atomic mass is 32.2. The Balaban J connectivity index is 1.65. The van der Waals surface area contributed by atoms with Crippen molar-refractivity contribution in [2.75, 3.05) is 24.5 Å². The average molecular weight is 351 g/mol. The van der Waals surface area contributed by atoms with E-state index in [4.69, 9.17) is 5.14 Å². The molecule has 2 aromatic rings. The number of aromatic nitrogens is 2. The van der Waals surface area contributed by atoms with Crippen molar-refractivity contribution in [3.63, 3.8) is 0 Å². The molecule has 1 aliphatic rings. The molecule has 4 N–H and O–H groups in total. The maximum Gasteiger partial charge on any atom is 0.274 e. The zero-order valence-electron chi connectivity index (χ0n) is 13.2. The first-order valence-corrected chi connectivity index (χ1v) is 9.48. The van der Waals surface area contributed by atoms with Gasteiger partial charge in [-0.2, -0.15) is 13.5 Å². The fraction of sp³-hybridized carbons (Fsp3) is 0.467. The van der Waals surface area contributed by atoms with E-state index >= 15 is 0 Å². The zero-order chi connectivity index (χ0) is 17.2. The van der Waals surface area contributed by atoms with Gasteiger partial charge in [-0.25, -0.2) is 15.0 Å². The molecular formula is C15H21N5O3S. The van der Waals surface area contributed by atoms with Crippen LogP contribution >= 0.6 is 0 Å². The van der Waals surface area contributed by atoms with E-state index in [-0.39, 0.29) is 5.56 Å². The van der Waals surface area contributed by atoms with Crippen LogP contribution in [-0.2, 0) is 10.2 Å². The molecule has 3 rings (SSSR count). The van der Waals surface area contributed by atoms with Crippen molar-refractivity contribution >= 4 is 26.8 Å². The summed E-state index contributed by atoms with van der Waals surface area (Å²) >= 11 is 0. The topological polar surface area (TPSA) is 121 Å². The highest BCUT2D eigenvalue weighted by molar-refractivity contribution is 7.87. The first-order chi connectivity index (χ1) is 11.4. The van der Waals surface area contributed by atoms with E-state index in [9.17, 15) is 13.2 Å². The molecule has 1 aromatic heterocycles. The van der Waals surface area contributed by atoms with E-state index in [0.717, 1.165) is 43.6 Å². The predicted octanol–water partition coefficient (Wildman–Crippen LogP) is 0.323. The van der Waals surface area contributed by atoms with E-state index < -0.39 is 10.2 Å². The maximum atomic E-state index is 11.9. The molecule has 0 unspecified atom stereocenters. The number of anilines is 1. The molecule has 0 radical (unpaired) electrons. The second-order valence-corrected chi connectivity index (χ2v) is 7.46. The number of nitrogens with zero attached hydrogens (tertiary/aromatic N) is 2. The number of hydrogen-bond acceptors (Lipinski definition) is 5. The van der Waals surface area contributed by atoms with Crippen LogP contribution in [0.4, 0.5) is 5.82 Å². The van der Waals surface area contributed by atoms with E-state index in [0.29, 0.717) is 17.8 Å². The van der Waals surface area contributed by atoms with Crippen LogP contribution in [0.2, 0.25) is 0 Å². The van der Waals surface area contributed by atoms with E-state index in [1.165, 1.54) is 0 Å². The molecule has 8 nitrogen and oxygen atoms in total. The van der Waals surface area contributed by atoms with Gasteiger partial charge < -0.3 is 4.90 Å². The highest BCUT2D eigenvalue weighted by Crippen LogP contribution is 2.27. The number of nitrogens with one attached hydrogen (secondary N) is 2. The summed E-state index contributed by atoms with van der Waals surface area (Å²) in [6.45, 7) is 2.01. The van der Waals surface area contributed by atoms with Crippen LogP contribution in [-0.4, -0.2) is 38.2 Å². The van der Waals surface area contributed by atoms with Crippen molar-refractivity contribution in [3.05, 3.63) is 34.6 Å². The van der Waals surface area contributed by atoms with Crippen LogP contribution in [0.1, 0.15) is 19.3 Å². The number of hydrogen-bond donors (Lipinski definition) is 3. The quantitative estimate of drug-likeness (QED) is 0.716. The summed E-state index contributed by atoms with van der Waals surface area (Å²) in [7, 11) is -3.61. The number of piperidine rings is 1. The molecule has 130 valence electrons. The summed E-state index contributed by atoms with van der Waals surface area (Å²) in [4.78, 5) is 14.0. The normalized spacial score (nSPS) is 16.6. The Kier molecular flexibility index (Phi) is 4.83. The van der Waals surface area contributed by atoms with Gasteiger partial charge in [0.1, 0.15) is 0 Å². The molecule has 0 saturated carbocycles. The second kappa shape index (κ2) is 6.88. The van der Waals surface area contributed by atoms with Gasteiger partial charge in [0.05, 0.1) is 5.39 Å². The van der Waals surface area contributed by atoms with Gasteiger partial charge in [-0.1, -0.05) is 18.2 Å². The Bertz CT molecular complexity index is 872. The van der Waals surface area contributed by atoms with Gasteiger partial charge in [-0.15, -0.1) is 0 Å². The van der Waals surface area contributed by atoms with Crippen LogP contribution in [0.15, 0.2) is 29.1 Å². The Labute approximate surface area is 140 Å². The molecule has 1 aromatic carbocycles. The van der Waals surface area contributed by atoms with Crippen molar-refractivity contribution < 1.29 is 8.42 Å². The number of H-pyrrole nitrogens is 1. The van der Waals surface area contributed by atoms with Gasteiger partial charge in [0.2, 0.25) is 0 Å². The second-order valence-electron chi connectivity index (χ2n) is 6.08. The number of fused-ring (bicyclic) bond motifs is 1. The van der Waals surface area contributed by atoms with E-state index in [1.807, 2.05) is 18.2 Å². The Morgan fingerprint density at radius 1 is 1.25 bits per heavy atom. The minimum atomic E-state index is -3.61. The lowest BCUT2D eigenvalue weighted by Gasteiger charge is -2.33. The standard InChI is InChI=1S/C15H21N5O3S/c16-24(22,23)17-8-5-11-6-9-20(10-7-11)14-12-3-1-2-4-13(12)15(21)19-18-14/h1-4,11,17H,5-10H2,(H,19,21)(H2,16,22,23). The van der Waals surface area contributed by atoms with Crippen molar-refractivity contribution in [2.45, 2.75) is 19.3 Å². The Morgan fingerprint density at radius 2 is 1.92 bits per heavy atom. The van der Waals surface area contributed by atoms with Crippen molar-refractivity contribution in [1.82, 2.24) is 14.9 Å². The third-order valence-electron chi connectivity index (χ3n) is 4.45. The summed E-state index contributed by atoms with van der Waals surface area (Å²) in [5.41, 5.74) is -0.182. The Hall–Kier alpha value is -1.97. The van der Waals surface area contributed by atoms with Gasteiger partial charge in [-0.3, -0.25) is 4.79 Å². The van der Waals surface area contributed by atoms with Crippen LogP contribution < -0.4 is 20.3 Å². The minimum absolute atomic E-state index is 0.182. The molecule has 0 spiro atoms. The molecule has 1 saturated heterocycles. The highest BCUT2D eigenvalue weighted by Gasteiger charge is 2.22. The molecule has 0 amide bonds. The lowest BCUT2D eigenvalue weighted by Crippen LogP contribution is -2.37. The van der Waals surface area contributed by atoms with Gasteiger partial charge in [0.25, 0.3) is 15.8 Å². The maximum absolute atomic E-state index is 11.9. The van der Waals surface area contributed by atoms with E-state index in [2.05, 4.69) is 19.8 Å². The van der Waals surface area contributed by atoms with Gasteiger partial charge >= 0.3 is 0 Å². The lowest BCUT2D eigenvalue weighted by molar-refractivity contribution is 0.380. The van der Waals surface area contributed by atoms with Crippen LogP contribution in [0.25, 0.3) is 10.8 Å². The molecule has 24 heavy (non-hydrogen) atoms. The minimum Gasteiger partial charge on any atom is -0.355 e. The van der Waals surface area contributed by atoms with Crippen molar-refractivity contribution in [2.24, 2.45) is 11.1 Å². The van der Waals surface area contributed by atoms with Gasteiger partial charge in [0.15, 0.2) is 5.82 Å². The summed E-state index contributed by atoms with van der Waals surface area (Å²) in [5.74, 6) is 1.25. The first kappa shape index (κ1) is 16.9. The monoisotopic (exact) mass is 351 g/mol. The Morgan fingerprint density at radius 3 is 2.58 bits per heavy atom. The molecule has 1 aliphatic heterocycles. The molecule has 2 heterocycles. The number of aromatic amines is 1. The number of benzene rings is 1. The lowest BCUT2D eigenvalue weighted by atomic mass is 9.93. The van der Waals surface area contributed by atoms with Gasteiger partial charge in [0, 0.05) is 25.0 Å². The summed E-state index contributed by atoms with van der Waals surface area (Å²) in [5, 5.41) is 13.2. The fourth-order valence-electron chi connectivity index (χ4n) is 3.18. The SMILES string of the molecule is NS(=O)(=O)NCCC1CCN(c2n[nH]c(=O)c3ccccc23)CC1. The number of rotatable bonds is 5. The van der Waals surface area contributed by atoms with E-state index in [1.54, 1.807) is 6.07 Å². The third-order valence-corrected chi connectivity index (χ3v) is 5.05. The van der Waals surface area contributed by atoms with Crippen LogP contribution in [0, 0.1) is 5.92 Å². The fourth-order valence-corrected chi connectivity index (χ4v) is 3.58. The van der Waals surface area contributed by atoms with Crippen molar-refractivity contribution in [1.29, 1.82) is 0 Å². The molecule has 0 bridgehead atoms. The van der Waals surface area contributed by atoms with Gasteiger partial charge in [-0.05, 0) is 31.2 Å². The van der Waals surface area contributed by atoms with Crippen LogP contribution in [0.3, 0.4) is 0 Å². The molecule has 0 atom stereocenters. The zero-order valence-corrected chi connectivity index (χ0v) is 14.1. The smallest absolute Gasteiger partial charge is 0.274 e. The molecule has 9 heteroatoms. The average Bonchev–Trinajstić information content (AvgIpc) is 2.55. The first-order valence-electron chi connectivity index (χ1n) is 7.94. The molecular weight excluding hydrogens is 330 g/mol. The van der Waals surface area contributed by atoms with Crippen molar-refractivity contribution in [3.8, 4) is 0 Å². The third kappa shape index (κ3) is 3.92. The van der Waals surface area contributed by atoms with Crippen LogP contribution in [0.5, 0.6) is 0 Å². The summed E-state index contributed by atoms with van der Waals surface area (Å²) in [6.07, 6.45) is 2.66.